The lowest BCUT2D eigenvalue weighted by Crippen LogP contribution is -2.20. The van der Waals surface area contributed by atoms with Crippen molar-refractivity contribution in [3.05, 3.63) is 23.8 Å². The van der Waals surface area contributed by atoms with E-state index in [4.69, 9.17) is 5.73 Å². The van der Waals surface area contributed by atoms with Crippen LogP contribution in [0.2, 0.25) is 0 Å². The van der Waals surface area contributed by atoms with E-state index in [2.05, 4.69) is 5.32 Å². The van der Waals surface area contributed by atoms with E-state index in [9.17, 15) is 8.78 Å². The summed E-state index contributed by atoms with van der Waals surface area (Å²) in [4.78, 5) is 0.654. The summed E-state index contributed by atoms with van der Waals surface area (Å²) in [7, 11) is 0. The highest BCUT2D eigenvalue weighted by molar-refractivity contribution is 8.00. The third-order valence-corrected chi connectivity index (χ3v) is 2.54. The Morgan fingerprint density at radius 1 is 1.33 bits per heavy atom. The van der Waals surface area contributed by atoms with Crippen molar-refractivity contribution in [2.24, 2.45) is 5.73 Å². The van der Waals surface area contributed by atoms with Crippen molar-refractivity contribution < 1.29 is 8.78 Å². The zero-order valence-corrected chi connectivity index (χ0v) is 6.79. The Morgan fingerprint density at radius 2 is 2.00 bits per heavy atom. The van der Waals surface area contributed by atoms with Gasteiger partial charge in [0.2, 0.25) is 0 Å². The first-order chi connectivity index (χ1) is 5.66. The van der Waals surface area contributed by atoms with Crippen LogP contribution in [0.1, 0.15) is 0 Å². The molecule has 0 aromatic heterocycles. The first kappa shape index (κ1) is 7.82. The highest BCUT2D eigenvalue weighted by Crippen LogP contribution is 2.37. The fourth-order valence-corrected chi connectivity index (χ4v) is 1.93. The van der Waals surface area contributed by atoms with E-state index in [0.29, 0.717) is 10.6 Å². The zero-order valence-electron chi connectivity index (χ0n) is 5.97. The third-order valence-electron chi connectivity index (χ3n) is 1.57. The van der Waals surface area contributed by atoms with Crippen molar-refractivity contribution in [1.82, 2.24) is 0 Å². The number of hydrogen-bond acceptors (Lipinski definition) is 3. The minimum absolute atomic E-state index is 0.304. The van der Waals surface area contributed by atoms with Crippen LogP contribution in [0.4, 0.5) is 14.5 Å². The second kappa shape index (κ2) is 2.60. The molecular formula is C7H6F2N2S. The Labute approximate surface area is 72.1 Å². The number of halogens is 2. The molecule has 1 aromatic rings. The molecule has 64 valence electrons. The largest absolute Gasteiger partial charge is 0.360 e. The van der Waals surface area contributed by atoms with Crippen molar-refractivity contribution >= 4 is 17.4 Å². The molecule has 1 aliphatic heterocycles. The van der Waals surface area contributed by atoms with Crippen LogP contribution in [0.3, 0.4) is 0 Å². The summed E-state index contributed by atoms with van der Waals surface area (Å²) in [5, 5.41) is 2.80. The molecule has 1 aromatic carbocycles. The number of hydrogen-bond donors (Lipinski definition) is 2. The van der Waals surface area contributed by atoms with Gasteiger partial charge < -0.3 is 11.1 Å². The van der Waals surface area contributed by atoms with Crippen LogP contribution in [-0.2, 0) is 0 Å². The molecule has 1 heterocycles. The molecule has 2 nitrogen and oxygen atoms in total. The molecule has 3 N–H and O–H groups in total. The van der Waals surface area contributed by atoms with Crippen LogP contribution in [0.25, 0.3) is 0 Å². The molecule has 2 rings (SSSR count). The first-order valence-corrected chi connectivity index (χ1v) is 4.22. The molecule has 0 saturated heterocycles. The van der Waals surface area contributed by atoms with Crippen molar-refractivity contribution in [2.75, 3.05) is 5.32 Å². The Bertz CT molecular complexity index is 298. The second-order valence-corrected chi connectivity index (χ2v) is 3.63. The topological polar surface area (TPSA) is 38.0 Å². The van der Waals surface area contributed by atoms with E-state index >= 15 is 0 Å². The quantitative estimate of drug-likeness (QED) is 0.651. The summed E-state index contributed by atoms with van der Waals surface area (Å²) in [6.07, 6.45) is 0. The molecule has 0 radical (unpaired) electrons. The normalized spacial score (nSPS) is 20.4. The maximum absolute atomic E-state index is 12.6. The fourth-order valence-electron chi connectivity index (χ4n) is 1.06. The van der Waals surface area contributed by atoms with Gasteiger partial charge in [0, 0.05) is 11.0 Å². The van der Waals surface area contributed by atoms with E-state index in [1.165, 1.54) is 11.8 Å². The molecule has 0 aliphatic carbocycles. The number of nitrogens with one attached hydrogen (secondary N) is 1. The lowest BCUT2D eigenvalue weighted by atomic mass is 10.3. The Morgan fingerprint density at radius 3 is 2.75 bits per heavy atom. The van der Waals surface area contributed by atoms with E-state index in [0.717, 1.165) is 12.1 Å². The summed E-state index contributed by atoms with van der Waals surface area (Å²) >= 11 is 1.27. The summed E-state index contributed by atoms with van der Waals surface area (Å²) in [5.41, 5.74) is 5.75. The highest BCUT2D eigenvalue weighted by atomic mass is 32.2. The Balaban J connectivity index is 2.48. The number of benzene rings is 1. The molecule has 0 saturated carbocycles. The predicted molar refractivity (Wildman–Crippen MR) is 43.8 cm³/mol. The number of thioether (sulfide) groups is 1. The molecule has 1 atom stereocenters. The van der Waals surface area contributed by atoms with Crippen molar-refractivity contribution in [3.8, 4) is 0 Å². The van der Waals surface area contributed by atoms with Crippen LogP contribution in [-0.4, -0.2) is 5.50 Å². The van der Waals surface area contributed by atoms with E-state index in [1.807, 2.05) is 0 Å². The Kier molecular flexibility index (Phi) is 1.69. The van der Waals surface area contributed by atoms with Crippen molar-refractivity contribution in [3.63, 3.8) is 0 Å². The fraction of sp³-hybridized carbons (Fsp3) is 0.143. The third kappa shape index (κ3) is 1.15. The SMILES string of the molecule is NC1Nc2cc(F)c(F)cc2S1. The second-order valence-electron chi connectivity index (χ2n) is 2.45. The molecule has 0 fully saturated rings. The van der Waals surface area contributed by atoms with Crippen molar-refractivity contribution in [1.29, 1.82) is 0 Å². The lowest BCUT2D eigenvalue weighted by Gasteiger charge is -2.00. The number of fused-ring (bicyclic) bond motifs is 1. The van der Waals surface area contributed by atoms with E-state index < -0.39 is 11.6 Å². The van der Waals surface area contributed by atoms with Crippen LogP contribution < -0.4 is 11.1 Å². The van der Waals surface area contributed by atoms with Crippen LogP contribution in [0.5, 0.6) is 0 Å². The smallest absolute Gasteiger partial charge is 0.160 e. The van der Waals surface area contributed by atoms with Crippen molar-refractivity contribution in [2.45, 2.75) is 10.4 Å². The molecule has 0 bridgehead atoms. The minimum Gasteiger partial charge on any atom is -0.360 e. The molecule has 12 heavy (non-hydrogen) atoms. The number of rotatable bonds is 0. The molecule has 1 unspecified atom stereocenters. The molecule has 5 heteroatoms. The van der Waals surface area contributed by atoms with Crippen LogP contribution in [0, 0.1) is 11.6 Å². The Hall–Kier alpha value is -0.810. The van der Waals surface area contributed by atoms with E-state index in [-0.39, 0.29) is 5.50 Å². The predicted octanol–water partition coefficient (Wildman–Crippen LogP) is 1.72. The zero-order chi connectivity index (χ0) is 8.72. The van der Waals surface area contributed by atoms with Gasteiger partial charge in [-0.25, -0.2) is 8.78 Å². The average molecular weight is 188 g/mol. The molecule has 0 spiro atoms. The standard InChI is InChI=1S/C7H6F2N2S/c8-3-1-5-6(2-4(3)9)12-7(10)11-5/h1-2,7,11H,10H2. The molecule has 0 amide bonds. The van der Waals surface area contributed by atoms with Gasteiger partial charge in [-0.3, -0.25) is 0 Å². The number of anilines is 1. The summed E-state index contributed by atoms with van der Waals surface area (Å²) < 4.78 is 25.3. The monoisotopic (exact) mass is 188 g/mol. The summed E-state index contributed by atoms with van der Waals surface area (Å²) in [6, 6.07) is 2.26. The summed E-state index contributed by atoms with van der Waals surface area (Å²) in [5.74, 6) is -1.69. The van der Waals surface area contributed by atoms with Crippen LogP contribution >= 0.6 is 11.8 Å². The van der Waals surface area contributed by atoms with Gasteiger partial charge in [0.25, 0.3) is 0 Å². The van der Waals surface area contributed by atoms with Gasteiger partial charge in [0.05, 0.1) is 5.69 Å². The lowest BCUT2D eigenvalue weighted by molar-refractivity contribution is 0.506. The highest BCUT2D eigenvalue weighted by Gasteiger charge is 2.20. The summed E-state index contributed by atoms with van der Waals surface area (Å²) in [6.45, 7) is 0. The first-order valence-electron chi connectivity index (χ1n) is 3.34. The van der Waals surface area contributed by atoms with E-state index in [1.54, 1.807) is 0 Å². The maximum atomic E-state index is 12.6. The maximum Gasteiger partial charge on any atom is 0.160 e. The molecule has 1 aliphatic rings. The van der Waals surface area contributed by atoms with Gasteiger partial charge in [0.15, 0.2) is 11.6 Å². The average Bonchev–Trinajstić information content (AvgIpc) is 2.30. The molecular weight excluding hydrogens is 182 g/mol. The van der Waals surface area contributed by atoms with Gasteiger partial charge in [-0.15, -0.1) is 0 Å². The van der Waals surface area contributed by atoms with Gasteiger partial charge >= 0.3 is 0 Å². The minimum atomic E-state index is -0.851. The van der Waals surface area contributed by atoms with Gasteiger partial charge in [-0.05, 0) is 6.07 Å². The van der Waals surface area contributed by atoms with Gasteiger partial charge in [0.1, 0.15) is 5.50 Å². The van der Waals surface area contributed by atoms with Gasteiger partial charge in [-0.2, -0.15) is 0 Å². The van der Waals surface area contributed by atoms with Crippen LogP contribution in [0.15, 0.2) is 17.0 Å². The number of nitrogens with two attached hydrogens (primary N) is 1. The van der Waals surface area contributed by atoms with Gasteiger partial charge in [-0.1, -0.05) is 11.8 Å².